The fraction of sp³-hybridized carbons (Fsp3) is 0.125. The molecule has 0 aliphatic heterocycles. The zero-order valence-corrected chi connectivity index (χ0v) is 19.2. The number of hydrazone groups is 1. The number of benzene rings is 3. The molecule has 3 aromatic carbocycles. The van der Waals surface area contributed by atoms with Gasteiger partial charge in [0.15, 0.2) is 0 Å². The molecule has 1 N–H and O–H groups in total. The monoisotopic (exact) mass is 465 g/mol. The quantitative estimate of drug-likeness (QED) is 0.249. The van der Waals surface area contributed by atoms with E-state index in [9.17, 15) is 18.0 Å². The summed E-state index contributed by atoms with van der Waals surface area (Å²) < 4.78 is 31.7. The first-order valence-corrected chi connectivity index (χ1v) is 11.4. The van der Waals surface area contributed by atoms with Crippen LogP contribution in [0.4, 0.5) is 5.69 Å². The zero-order valence-electron chi connectivity index (χ0n) is 18.3. The van der Waals surface area contributed by atoms with Crippen LogP contribution in [0.5, 0.6) is 5.75 Å². The van der Waals surface area contributed by atoms with E-state index in [1.165, 1.54) is 32.3 Å². The summed E-state index contributed by atoms with van der Waals surface area (Å²) in [7, 11) is -2.26. The van der Waals surface area contributed by atoms with Crippen molar-refractivity contribution in [1.29, 1.82) is 0 Å². The maximum Gasteiger partial charge on any atom is 0.308 e. The summed E-state index contributed by atoms with van der Waals surface area (Å²) in [5, 5.41) is 3.91. The number of hydrogen-bond donors (Lipinski definition) is 1. The van der Waals surface area contributed by atoms with Gasteiger partial charge in [0.05, 0.1) is 16.8 Å². The van der Waals surface area contributed by atoms with Gasteiger partial charge in [-0.15, -0.1) is 0 Å². The largest absolute Gasteiger partial charge is 0.427 e. The topological polar surface area (TPSA) is 105 Å². The van der Waals surface area contributed by atoms with E-state index in [2.05, 4.69) is 10.5 Å². The Kier molecular flexibility index (Phi) is 7.24. The Bertz CT molecular complexity index is 1270. The first kappa shape index (κ1) is 23.7. The van der Waals surface area contributed by atoms with Crippen molar-refractivity contribution in [2.75, 3.05) is 11.4 Å². The van der Waals surface area contributed by atoms with E-state index in [-0.39, 0.29) is 4.90 Å². The van der Waals surface area contributed by atoms with Crippen LogP contribution in [-0.2, 0) is 14.8 Å². The molecule has 3 rings (SSSR count). The highest BCUT2D eigenvalue weighted by molar-refractivity contribution is 7.92. The lowest BCUT2D eigenvalue weighted by molar-refractivity contribution is -0.131. The molecular formula is C24H23N3O5S. The third-order valence-corrected chi connectivity index (χ3v) is 6.49. The van der Waals surface area contributed by atoms with Crippen LogP contribution in [0.25, 0.3) is 0 Å². The molecule has 0 atom stereocenters. The number of carbonyl (C=O) groups is 2. The molecule has 0 bridgehead atoms. The number of carbonyl (C=O) groups excluding carboxylic acids is 2. The van der Waals surface area contributed by atoms with Gasteiger partial charge in [-0.3, -0.25) is 13.9 Å². The number of amides is 1. The summed E-state index contributed by atoms with van der Waals surface area (Å²) in [5.41, 5.74) is 4.82. The molecule has 0 unspecified atom stereocenters. The van der Waals surface area contributed by atoms with Crippen LogP contribution in [0.2, 0.25) is 0 Å². The minimum atomic E-state index is -3.71. The second-order valence-electron chi connectivity index (χ2n) is 7.19. The van der Waals surface area contributed by atoms with E-state index in [0.29, 0.717) is 22.6 Å². The summed E-state index contributed by atoms with van der Waals surface area (Å²) in [4.78, 5) is 23.4. The maximum atomic E-state index is 12.8. The molecule has 0 aliphatic rings. The van der Waals surface area contributed by atoms with Crippen molar-refractivity contribution >= 4 is 33.8 Å². The molecule has 0 radical (unpaired) electrons. The molecule has 0 spiro atoms. The summed E-state index contributed by atoms with van der Waals surface area (Å²) >= 11 is 0. The molecule has 0 fully saturated rings. The van der Waals surface area contributed by atoms with Gasteiger partial charge in [0.2, 0.25) is 0 Å². The number of aryl methyl sites for hydroxylation is 1. The van der Waals surface area contributed by atoms with Gasteiger partial charge in [0.1, 0.15) is 5.75 Å². The van der Waals surface area contributed by atoms with E-state index in [4.69, 9.17) is 4.74 Å². The Labute approximate surface area is 192 Å². The highest BCUT2D eigenvalue weighted by Crippen LogP contribution is 2.22. The minimum absolute atomic E-state index is 0.188. The highest BCUT2D eigenvalue weighted by atomic mass is 32.2. The van der Waals surface area contributed by atoms with Gasteiger partial charge in [-0.1, -0.05) is 17.7 Å². The number of hydrogen-bond acceptors (Lipinski definition) is 6. The van der Waals surface area contributed by atoms with Gasteiger partial charge < -0.3 is 4.74 Å². The number of anilines is 1. The van der Waals surface area contributed by atoms with Gasteiger partial charge in [0, 0.05) is 19.5 Å². The van der Waals surface area contributed by atoms with Crippen LogP contribution in [-0.4, -0.2) is 33.6 Å². The summed E-state index contributed by atoms with van der Waals surface area (Å²) in [6, 6.07) is 19.4. The van der Waals surface area contributed by atoms with E-state index >= 15 is 0 Å². The molecule has 0 aromatic heterocycles. The predicted molar refractivity (Wildman–Crippen MR) is 126 cm³/mol. The van der Waals surface area contributed by atoms with Gasteiger partial charge in [-0.25, -0.2) is 13.8 Å². The third kappa shape index (κ3) is 6.05. The zero-order chi connectivity index (χ0) is 24.0. The lowest BCUT2D eigenvalue weighted by Gasteiger charge is -2.19. The van der Waals surface area contributed by atoms with Crippen LogP contribution >= 0.6 is 0 Å². The van der Waals surface area contributed by atoms with Gasteiger partial charge in [-0.05, 0) is 73.2 Å². The molecule has 170 valence electrons. The van der Waals surface area contributed by atoms with Crippen molar-refractivity contribution in [2.45, 2.75) is 18.7 Å². The summed E-state index contributed by atoms with van der Waals surface area (Å²) in [6.07, 6.45) is 1.45. The van der Waals surface area contributed by atoms with E-state index in [1.54, 1.807) is 60.7 Å². The van der Waals surface area contributed by atoms with Crippen LogP contribution in [0.1, 0.15) is 28.4 Å². The lowest BCUT2D eigenvalue weighted by Crippen LogP contribution is -2.26. The van der Waals surface area contributed by atoms with Crippen molar-refractivity contribution in [1.82, 2.24) is 5.43 Å². The number of nitrogens with zero attached hydrogens (tertiary/aromatic N) is 2. The summed E-state index contributed by atoms with van der Waals surface area (Å²) in [6.45, 7) is 3.20. The van der Waals surface area contributed by atoms with Gasteiger partial charge in [0.25, 0.3) is 15.9 Å². The fourth-order valence-electron chi connectivity index (χ4n) is 2.85. The Morgan fingerprint density at radius 1 is 0.939 bits per heavy atom. The predicted octanol–water partition coefficient (Wildman–Crippen LogP) is 3.51. The molecule has 3 aromatic rings. The maximum absolute atomic E-state index is 12.8. The highest BCUT2D eigenvalue weighted by Gasteiger charge is 2.21. The number of rotatable bonds is 7. The van der Waals surface area contributed by atoms with E-state index < -0.39 is 21.9 Å². The minimum Gasteiger partial charge on any atom is -0.427 e. The third-order valence-electron chi connectivity index (χ3n) is 4.69. The second kappa shape index (κ2) is 10.1. The van der Waals surface area contributed by atoms with Crippen molar-refractivity contribution in [3.8, 4) is 5.75 Å². The molecular weight excluding hydrogens is 442 g/mol. The van der Waals surface area contributed by atoms with Crippen LogP contribution in [0.15, 0.2) is 82.8 Å². The summed E-state index contributed by atoms with van der Waals surface area (Å²) in [5.74, 6) is -0.440. The van der Waals surface area contributed by atoms with Crippen molar-refractivity contribution in [3.63, 3.8) is 0 Å². The lowest BCUT2D eigenvalue weighted by atomic mass is 10.2. The standard InChI is InChI=1S/C24H23N3O5S/c1-17-4-14-23(15-5-17)33(30,31)27(3)21-10-8-20(9-11-21)24(29)26-25-16-19-6-12-22(13-7-19)32-18(2)28/h4-16H,1-3H3,(H,26,29)/b25-16-. The van der Waals surface area contributed by atoms with Gasteiger partial charge in [-0.2, -0.15) is 5.10 Å². The van der Waals surface area contributed by atoms with E-state index in [1.807, 2.05) is 6.92 Å². The van der Waals surface area contributed by atoms with Crippen molar-refractivity contribution in [2.24, 2.45) is 5.10 Å². The van der Waals surface area contributed by atoms with Crippen LogP contribution in [0.3, 0.4) is 0 Å². The molecule has 0 saturated carbocycles. The smallest absolute Gasteiger partial charge is 0.308 e. The Hall–Kier alpha value is -3.98. The Balaban J connectivity index is 1.63. The first-order chi connectivity index (χ1) is 15.7. The number of esters is 1. The Morgan fingerprint density at radius 3 is 2.12 bits per heavy atom. The SMILES string of the molecule is CC(=O)Oc1ccc(/C=N\NC(=O)c2ccc(N(C)S(=O)(=O)c3ccc(C)cc3)cc2)cc1. The van der Waals surface area contributed by atoms with Crippen LogP contribution in [0, 0.1) is 6.92 Å². The average molecular weight is 466 g/mol. The number of nitrogens with one attached hydrogen (secondary N) is 1. The molecule has 1 amide bonds. The molecule has 33 heavy (non-hydrogen) atoms. The molecule has 0 heterocycles. The van der Waals surface area contributed by atoms with Crippen molar-refractivity contribution in [3.05, 3.63) is 89.5 Å². The van der Waals surface area contributed by atoms with Crippen LogP contribution < -0.4 is 14.5 Å². The number of sulfonamides is 1. The van der Waals surface area contributed by atoms with Crippen molar-refractivity contribution < 1.29 is 22.7 Å². The molecule has 0 aliphatic carbocycles. The molecule has 9 heteroatoms. The normalized spacial score (nSPS) is 11.2. The molecule has 0 saturated heterocycles. The Morgan fingerprint density at radius 2 is 1.55 bits per heavy atom. The van der Waals surface area contributed by atoms with E-state index in [0.717, 1.165) is 9.87 Å². The van der Waals surface area contributed by atoms with Gasteiger partial charge >= 0.3 is 5.97 Å². The number of ether oxygens (including phenoxy) is 1. The first-order valence-electron chi connectivity index (χ1n) is 9.94. The molecule has 8 nitrogen and oxygen atoms in total. The fourth-order valence-corrected chi connectivity index (χ4v) is 4.04. The average Bonchev–Trinajstić information content (AvgIpc) is 2.79. The second-order valence-corrected chi connectivity index (χ2v) is 9.16.